The van der Waals surface area contributed by atoms with Crippen LogP contribution in [0.2, 0.25) is 0 Å². The first-order chi connectivity index (χ1) is 12.4. The molecular formula is C20H17FINO3. The molecule has 0 fully saturated rings. The smallest absolute Gasteiger partial charge is 0.310 e. The molecule has 4 nitrogen and oxygen atoms in total. The van der Waals surface area contributed by atoms with E-state index in [0.29, 0.717) is 27.0 Å². The van der Waals surface area contributed by atoms with Crippen molar-refractivity contribution in [3.8, 4) is 0 Å². The maximum atomic E-state index is 13.7. The van der Waals surface area contributed by atoms with E-state index in [-0.39, 0.29) is 24.1 Å². The summed E-state index contributed by atoms with van der Waals surface area (Å²) in [7, 11) is 0. The number of benzene rings is 2. The van der Waals surface area contributed by atoms with E-state index >= 15 is 0 Å². The number of hydrogen-bond donors (Lipinski definition) is 1. The van der Waals surface area contributed by atoms with Crippen LogP contribution in [0.4, 0.5) is 10.1 Å². The molecule has 0 bridgehead atoms. The molecule has 1 amide bonds. The van der Waals surface area contributed by atoms with E-state index in [0.717, 1.165) is 16.7 Å². The van der Waals surface area contributed by atoms with E-state index in [9.17, 15) is 14.0 Å². The van der Waals surface area contributed by atoms with E-state index in [4.69, 9.17) is 4.74 Å². The van der Waals surface area contributed by atoms with Crippen LogP contribution in [-0.2, 0) is 20.7 Å². The first kappa shape index (κ1) is 18.6. The highest BCUT2D eigenvalue weighted by Crippen LogP contribution is 2.35. The number of aryl methyl sites for hydroxylation is 1. The van der Waals surface area contributed by atoms with Gasteiger partial charge in [0, 0.05) is 14.7 Å². The van der Waals surface area contributed by atoms with Gasteiger partial charge in [-0.2, -0.15) is 0 Å². The fourth-order valence-electron chi connectivity index (χ4n) is 2.83. The Labute approximate surface area is 164 Å². The average molecular weight is 465 g/mol. The number of carbonyl (C=O) groups is 2. The van der Waals surface area contributed by atoms with Gasteiger partial charge in [0.25, 0.3) is 5.91 Å². The monoisotopic (exact) mass is 465 g/mol. The van der Waals surface area contributed by atoms with Crippen LogP contribution in [0.15, 0.2) is 30.3 Å². The number of ether oxygens (including phenoxy) is 1. The summed E-state index contributed by atoms with van der Waals surface area (Å²) in [6, 6.07) is 8.65. The Morgan fingerprint density at radius 3 is 2.81 bits per heavy atom. The number of esters is 1. The Morgan fingerprint density at radius 1 is 1.31 bits per heavy atom. The van der Waals surface area contributed by atoms with Crippen molar-refractivity contribution in [1.82, 2.24) is 0 Å². The lowest BCUT2D eigenvalue weighted by Crippen LogP contribution is -2.08. The van der Waals surface area contributed by atoms with Gasteiger partial charge in [-0.3, -0.25) is 9.59 Å². The first-order valence-corrected chi connectivity index (χ1v) is 9.24. The topological polar surface area (TPSA) is 55.4 Å². The highest BCUT2D eigenvalue weighted by atomic mass is 127. The van der Waals surface area contributed by atoms with Gasteiger partial charge in [0.2, 0.25) is 0 Å². The molecule has 0 saturated heterocycles. The summed E-state index contributed by atoms with van der Waals surface area (Å²) in [4.78, 5) is 24.1. The molecule has 2 aromatic rings. The molecule has 1 aliphatic rings. The summed E-state index contributed by atoms with van der Waals surface area (Å²) in [6.07, 6.45) is 1.94. The Balaban J connectivity index is 1.97. The van der Waals surface area contributed by atoms with Crippen molar-refractivity contribution in [2.75, 3.05) is 11.9 Å². The lowest BCUT2D eigenvalue weighted by molar-refractivity contribution is -0.142. The Morgan fingerprint density at radius 2 is 2.08 bits per heavy atom. The molecule has 1 aliphatic heterocycles. The minimum Gasteiger partial charge on any atom is -0.466 e. The van der Waals surface area contributed by atoms with Crippen LogP contribution in [0.25, 0.3) is 11.6 Å². The van der Waals surface area contributed by atoms with Crippen molar-refractivity contribution in [3.63, 3.8) is 0 Å². The number of hydrogen-bond acceptors (Lipinski definition) is 3. The van der Waals surface area contributed by atoms with Crippen molar-refractivity contribution in [3.05, 3.63) is 62.0 Å². The minimum atomic E-state index is -0.363. The molecule has 0 aromatic heterocycles. The molecule has 1 heterocycles. The van der Waals surface area contributed by atoms with Crippen LogP contribution >= 0.6 is 22.6 Å². The Kier molecular flexibility index (Phi) is 5.41. The van der Waals surface area contributed by atoms with Crippen LogP contribution in [0.1, 0.15) is 29.2 Å². The largest absolute Gasteiger partial charge is 0.466 e. The number of amides is 1. The van der Waals surface area contributed by atoms with Gasteiger partial charge < -0.3 is 10.1 Å². The zero-order chi connectivity index (χ0) is 18.8. The number of anilines is 1. The highest BCUT2D eigenvalue weighted by Gasteiger charge is 2.25. The number of carbonyl (C=O) groups excluding carboxylic acids is 2. The third-order valence-electron chi connectivity index (χ3n) is 4.17. The molecule has 0 radical (unpaired) electrons. The second kappa shape index (κ2) is 7.57. The summed E-state index contributed by atoms with van der Waals surface area (Å²) in [5.41, 5.74) is 4.25. The summed E-state index contributed by atoms with van der Waals surface area (Å²) >= 11 is 1.90. The molecule has 0 saturated carbocycles. The summed E-state index contributed by atoms with van der Waals surface area (Å²) in [6.45, 7) is 4.04. The number of halogens is 2. The van der Waals surface area contributed by atoms with Crippen molar-refractivity contribution in [2.24, 2.45) is 0 Å². The van der Waals surface area contributed by atoms with Crippen molar-refractivity contribution in [2.45, 2.75) is 20.3 Å². The summed E-state index contributed by atoms with van der Waals surface area (Å²) in [5, 5.41) is 2.69. The van der Waals surface area contributed by atoms with Crippen molar-refractivity contribution in [1.29, 1.82) is 0 Å². The number of nitrogens with one attached hydrogen (secondary N) is 1. The third kappa shape index (κ3) is 3.80. The maximum absolute atomic E-state index is 13.7. The molecule has 0 unspecified atom stereocenters. The lowest BCUT2D eigenvalue weighted by atomic mass is 9.99. The first-order valence-electron chi connectivity index (χ1n) is 8.16. The highest BCUT2D eigenvalue weighted by molar-refractivity contribution is 14.1. The second-order valence-electron chi connectivity index (χ2n) is 5.99. The molecule has 1 N–H and O–H groups in total. The predicted molar refractivity (Wildman–Crippen MR) is 107 cm³/mol. The Hall–Kier alpha value is -2.22. The van der Waals surface area contributed by atoms with Crippen molar-refractivity contribution >= 4 is 51.8 Å². The van der Waals surface area contributed by atoms with E-state index < -0.39 is 0 Å². The normalized spacial score (nSPS) is 14.3. The summed E-state index contributed by atoms with van der Waals surface area (Å²) in [5.74, 6) is -0.915. The van der Waals surface area contributed by atoms with Gasteiger partial charge >= 0.3 is 5.97 Å². The second-order valence-corrected chi connectivity index (χ2v) is 7.15. The number of fused-ring (bicyclic) bond motifs is 1. The standard InChI is InChI=1S/C20H17FINO3/c1-3-26-19(24)8-13-6-12(5-4-11(13)2)7-15-14-9-17(22)16(21)10-18(14)23-20(15)25/h4-7,9-10H,3,8H2,1-2H3,(H,23,25)/b15-7-. The molecule has 134 valence electrons. The molecule has 3 rings (SSSR count). The third-order valence-corrected chi connectivity index (χ3v) is 4.99. The van der Waals surface area contributed by atoms with E-state index in [2.05, 4.69) is 5.32 Å². The predicted octanol–water partition coefficient (Wildman–Crippen LogP) is 4.34. The van der Waals surface area contributed by atoms with Gasteiger partial charge in [0.05, 0.1) is 18.7 Å². The van der Waals surface area contributed by atoms with Gasteiger partial charge in [-0.15, -0.1) is 0 Å². The van der Waals surface area contributed by atoms with Gasteiger partial charge in [0.15, 0.2) is 0 Å². The van der Waals surface area contributed by atoms with Crippen LogP contribution < -0.4 is 5.32 Å². The summed E-state index contributed by atoms with van der Waals surface area (Å²) < 4.78 is 19.2. The maximum Gasteiger partial charge on any atom is 0.310 e. The van der Waals surface area contributed by atoms with E-state index in [1.165, 1.54) is 6.07 Å². The van der Waals surface area contributed by atoms with Crippen LogP contribution in [0.3, 0.4) is 0 Å². The minimum absolute atomic E-state index is 0.183. The molecule has 2 aromatic carbocycles. The van der Waals surface area contributed by atoms with Gasteiger partial charge in [-0.1, -0.05) is 18.2 Å². The van der Waals surface area contributed by atoms with Crippen LogP contribution in [-0.4, -0.2) is 18.5 Å². The molecule has 6 heteroatoms. The van der Waals surface area contributed by atoms with E-state index in [1.807, 2.05) is 47.7 Å². The van der Waals surface area contributed by atoms with Gasteiger partial charge in [-0.05, 0) is 71.3 Å². The fourth-order valence-corrected chi connectivity index (χ4v) is 3.30. The Bertz CT molecular complexity index is 937. The molecular weight excluding hydrogens is 448 g/mol. The molecule has 26 heavy (non-hydrogen) atoms. The average Bonchev–Trinajstić information content (AvgIpc) is 2.86. The molecule has 0 atom stereocenters. The van der Waals surface area contributed by atoms with Crippen LogP contribution in [0.5, 0.6) is 0 Å². The van der Waals surface area contributed by atoms with Gasteiger partial charge in [0.1, 0.15) is 5.82 Å². The fraction of sp³-hybridized carbons (Fsp3) is 0.200. The lowest BCUT2D eigenvalue weighted by Gasteiger charge is -2.07. The molecule has 0 spiro atoms. The van der Waals surface area contributed by atoms with Gasteiger partial charge in [-0.25, -0.2) is 4.39 Å². The SMILES string of the molecule is CCOC(=O)Cc1cc(/C=C2\C(=O)Nc3cc(F)c(I)cc32)ccc1C. The zero-order valence-corrected chi connectivity index (χ0v) is 16.5. The quantitative estimate of drug-likeness (QED) is 0.416. The zero-order valence-electron chi connectivity index (χ0n) is 14.4. The van der Waals surface area contributed by atoms with Crippen LogP contribution in [0, 0.1) is 16.3 Å². The van der Waals surface area contributed by atoms with Crippen molar-refractivity contribution < 1.29 is 18.7 Å². The number of rotatable bonds is 4. The molecule has 0 aliphatic carbocycles. The van der Waals surface area contributed by atoms with E-state index in [1.54, 1.807) is 19.1 Å².